The summed E-state index contributed by atoms with van der Waals surface area (Å²) in [6.07, 6.45) is -3.39. The van der Waals surface area contributed by atoms with Gasteiger partial charge in [-0.15, -0.1) is 0 Å². The van der Waals surface area contributed by atoms with E-state index in [9.17, 15) is 13.2 Å². The quantitative estimate of drug-likeness (QED) is 0.636. The second kappa shape index (κ2) is 5.63. The molecule has 25 heavy (non-hydrogen) atoms. The highest BCUT2D eigenvalue weighted by Gasteiger charge is 2.31. The van der Waals surface area contributed by atoms with Crippen molar-refractivity contribution >= 4 is 10.9 Å². The maximum atomic E-state index is 12.8. The fraction of sp³-hybridized carbons (Fsp3) is 0.300. The number of halogens is 3. The van der Waals surface area contributed by atoms with E-state index in [2.05, 4.69) is 36.3 Å². The zero-order valence-electron chi connectivity index (χ0n) is 14.1. The van der Waals surface area contributed by atoms with Crippen molar-refractivity contribution < 1.29 is 13.2 Å². The molecule has 0 fully saturated rings. The van der Waals surface area contributed by atoms with Gasteiger partial charge in [0.2, 0.25) is 0 Å². The van der Waals surface area contributed by atoms with Gasteiger partial charge in [0.1, 0.15) is 0 Å². The number of aromatic amines is 1. The highest BCUT2D eigenvalue weighted by atomic mass is 19.4. The van der Waals surface area contributed by atoms with Crippen molar-refractivity contribution in [3.8, 4) is 0 Å². The van der Waals surface area contributed by atoms with Gasteiger partial charge in [-0.3, -0.25) is 0 Å². The Labute approximate surface area is 144 Å². The fourth-order valence-electron chi connectivity index (χ4n) is 3.92. The number of hydrogen-bond acceptors (Lipinski definition) is 1. The molecule has 0 spiro atoms. The second-order valence-corrected chi connectivity index (χ2v) is 6.78. The molecule has 2 N–H and O–H groups in total. The number of nitrogens with one attached hydrogen (secondary N) is 2. The van der Waals surface area contributed by atoms with Crippen LogP contribution in [0.5, 0.6) is 0 Å². The molecule has 5 heteroatoms. The Morgan fingerprint density at radius 2 is 1.76 bits per heavy atom. The molecule has 1 aliphatic rings. The predicted molar refractivity (Wildman–Crippen MR) is 92.8 cm³/mol. The van der Waals surface area contributed by atoms with Gasteiger partial charge >= 0.3 is 6.18 Å². The first kappa shape index (κ1) is 16.2. The molecule has 2 nitrogen and oxygen atoms in total. The molecule has 0 saturated heterocycles. The lowest BCUT2D eigenvalue weighted by Crippen LogP contribution is -2.30. The van der Waals surface area contributed by atoms with E-state index in [-0.39, 0.29) is 6.04 Å². The summed E-state index contributed by atoms with van der Waals surface area (Å²) in [7, 11) is 0. The number of H-pyrrole nitrogens is 1. The molecule has 1 aliphatic heterocycles. The number of rotatable bonds is 1. The van der Waals surface area contributed by atoms with Gasteiger partial charge < -0.3 is 10.3 Å². The molecule has 130 valence electrons. The first-order valence-electron chi connectivity index (χ1n) is 8.37. The normalized spacial score (nSPS) is 17.7. The van der Waals surface area contributed by atoms with Crippen molar-refractivity contribution in [2.45, 2.75) is 32.5 Å². The van der Waals surface area contributed by atoms with E-state index in [1.807, 2.05) is 0 Å². The predicted octanol–water partition coefficient (Wildman–Crippen LogP) is 5.04. The number of alkyl halides is 3. The average Bonchev–Trinajstić information content (AvgIpc) is 2.92. The van der Waals surface area contributed by atoms with E-state index in [1.54, 1.807) is 12.1 Å². The maximum absolute atomic E-state index is 12.8. The molecule has 4 rings (SSSR count). The van der Waals surface area contributed by atoms with E-state index >= 15 is 0 Å². The van der Waals surface area contributed by atoms with Crippen LogP contribution < -0.4 is 5.32 Å². The molecule has 0 aliphatic carbocycles. The van der Waals surface area contributed by atoms with Crippen LogP contribution in [-0.2, 0) is 12.6 Å². The van der Waals surface area contributed by atoms with Crippen molar-refractivity contribution in [2.24, 2.45) is 0 Å². The van der Waals surface area contributed by atoms with Crippen LogP contribution in [0.3, 0.4) is 0 Å². The Morgan fingerprint density at radius 1 is 1.04 bits per heavy atom. The summed E-state index contributed by atoms with van der Waals surface area (Å²) >= 11 is 0. The van der Waals surface area contributed by atoms with Crippen LogP contribution in [0.1, 0.15) is 39.6 Å². The lowest BCUT2D eigenvalue weighted by Gasteiger charge is -2.25. The van der Waals surface area contributed by atoms with Gasteiger partial charge in [-0.25, -0.2) is 0 Å². The van der Waals surface area contributed by atoms with Gasteiger partial charge in [0.15, 0.2) is 0 Å². The van der Waals surface area contributed by atoms with Gasteiger partial charge in [-0.1, -0.05) is 18.2 Å². The van der Waals surface area contributed by atoms with E-state index in [0.717, 1.165) is 41.9 Å². The number of fused-ring (bicyclic) bond motifs is 3. The molecular weight excluding hydrogens is 325 g/mol. The number of benzene rings is 2. The van der Waals surface area contributed by atoms with Crippen molar-refractivity contribution in [2.75, 3.05) is 6.54 Å². The summed E-state index contributed by atoms with van der Waals surface area (Å²) < 4.78 is 38.4. The second-order valence-electron chi connectivity index (χ2n) is 6.78. The number of hydrogen-bond donors (Lipinski definition) is 2. The lowest BCUT2D eigenvalue weighted by atomic mass is 9.92. The van der Waals surface area contributed by atoms with Crippen LogP contribution in [0.25, 0.3) is 10.9 Å². The van der Waals surface area contributed by atoms with E-state index in [4.69, 9.17) is 0 Å². The molecule has 1 atom stereocenters. The summed E-state index contributed by atoms with van der Waals surface area (Å²) in [4.78, 5) is 3.51. The molecule has 0 amide bonds. The van der Waals surface area contributed by atoms with Crippen molar-refractivity contribution in [3.05, 3.63) is 69.9 Å². The largest absolute Gasteiger partial charge is 0.416 e. The summed E-state index contributed by atoms with van der Waals surface area (Å²) in [5.74, 6) is 0. The van der Waals surface area contributed by atoms with Crippen LogP contribution >= 0.6 is 0 Å². The Bertz CT molecular complexity index is 936. The monoisotopic (exact) mass is 344 g/mol. The Balaban J connectivity index is 1.81. The van der Waals surface area contributed by atoms with Crippen LogP contribution in [-0.4, -0.2) is 11.5 Å². The molecule has 1 unspecified atom stereocenters. The fourth-order valence-corrected chi connectivity index (χ4v) is 3.92. The Kier molecular flexibility index (Phi) is 3.65. The standard InChI is InChI=1S/C20H19F3N2/c1-11-9-12(2)17-15-7-8-24-18(19(15)25-16(17)10-11)13-3-5-14(6-4-13)20(21,22)23/h3-6,9-10,18,24-25H,7-8H2,1-2H3. The van der Waals surface area contributed by atoms with Gasteiger partial charge in [-0.05, 0) is 60.7 Å². The van der Waals surface area contributed by atoms with Crippen LogP contribution in [0.15, 0.2) is 36.4 Å². The maximum Gasteiger partial charge on any atom is 0.416 e. The average molecular weight is 344 g/mol. The van der Waals surface area contributed by atoms with E-state index in [0.29, 0.717) is 0 Å². The van der Waals surface area contributed by atoms with Crippen LogP contribution in [0, 0.1) is 13.8 Å². The molecule has 0 bridgehead atoms. The molecule has 3 aromatic rings. The molecular formula is C20H19F3N2. The molecule has 0 radical (unpaired) electrons. The van der Waals surface area contributed by atoms with Crippen LogP contribution in [0.4, 0.5) is 13.2 Å². The summed E-state index contributed by atoms with van der Waals surface area (Å²) in [6, 6.07) is 9.64. The zero-order chi connectivity index (χ0) is 17.8. The molecule has 2 heterocycles. The van der Waals surface area contributed by atoms with Crippen molar-refractivity contribution in [1.82, 2.24) is 10.3 Å². The van der Waals surface area contributed by atoms with Gasteiger partial charge in [0.05, 0.1) is 11.6 Å². The topological polar surface area (TPSA) is 27.8 Å². The Hall–Kier alpha value is -2.27. The zero-order valence-corrected chi connectivity index (χ0v) is 14.1. The third-order valence-corrected chi connectivity index (χ3v) is 4.96. The minimum atomic E-state index is -4.31. The summed E-state index contributed by atoms with van der Waals surface area (Å²) in [5.41, 5.74) is 6.10. The van der Waals surface area contributed by atoms with Crippen molar-refractivity contribution in [3.63, 3.8) is 0 Å². The third-order valence-electron chi connectivity index (χ3n) is 4.96. The lowest BCUT2D eigenvalue weighted by molar-refractivity contribution is -0.137. The van der Waals surface area contributed by atoms with Gasteiger partial charge in [0.25, 0.3) is 0 Å². The van der Waals surface area contributed by atoms with Crippen molar-refractivity contribution in [1.29, 1.82) is 0 Å². The molecule has 0 saturated carbocycles. The Morgan fingerprint density at radius 3 is 2.44 bits per heavy atom. The first-order chi connectivity index (χ1) is 11.8. The molecule has 1 aromatic heterocycles. The summed E-state index contributed by atoms with van der Waals surface area (Å²) in [5, 5.41) is 4.68. The summed E-state index contributed by atoms with van der Waals surface area (Å²) in [6.45, 7) is 4.98. The minimum absolute atomic E-state index is 0.113. The van der Waals surface area contributed by atoms with E-state index in [1.165, 1.54) is 22.1 Å². The number of aryl methyl sites for hydroxylation is 2. The molecule has 2 aromatic carbocycles. The van der Waals surface area contributed by atoms with E-state index < -0.39 is 11.7 Å². The highest BCUT2D eigenvalue weighted by molar-refractivity contribution is 5.89. The van der Waals surface area contributed by atoms with Gasteiger partial charge in [-0.2, -0.15) is 13.2 Å². The SMILES string of the molecule is Cc1cc(C)c2c3c([nH]c2c1)C(c1ccc(C(F)(F)F)cc1)NCC3. The smallest absolute Gasteiger partial charge is 0.357 e. The third kappa shape index (κ3) is 2.72. The van der Waals surface area contributed by atoms with Crippen LogP contribution in [0.2, 0.25) is 0 Å². The first-order valence-corrected chi connectivity index (χ1v) is 8.37. The number of aromatic nitrogens is 1. The minimum Gasteiger partial charge on any atom is -0.357 e. The van der Waals surface area contributed by atoms with Gasteiger partial charge in [0, 0.05) is 23.1 Å². The highest BCUT2D eigenvalue weighted by Crippen LogP contribution is 2.36.